The van der Waals surface area contributed by atoms with E-state index in [-0.39, 0.29) is 11.1 Å². The Morgan fingerprint density at radius 3 is 2.60 bits per heavy atom. The normalized spacial score (nSPS) is 16.8. The van der Waals surface area contributed by atoms with Crippen LogP contribution in [-0.4, -0.2) is 4.98 Å². The Kier molecular flexibility index (Phi) is 2.63. The second kappa shape index (κ2) is 5.84. The number of aryl methyl sites for hydroxylation is 1. The zero-order chi connectivity index (χ0) is 21.9. The fourth-order valence-corrected chi connectivity index (χ4v) is 3.51. The molecule has 1 aliphatic rings. The lowest BCUT2D eigenvalue weighted by atomic mass is 9.86. The second-order valence-corrected chi connectivity index (χ2v) is 7.66. The molecule has 1 nitrogen and oxygen atoms in total. The van der Waals surface area contributed by atoms with Gasteiger partial charge in [-0.15, -0.1) is 0 Å². The summed E-state index contributed by atoms with van der Waals surface area (Å²) in [6.07, 6.45) is 0.282. The highest BCUT2D eigenvalue weighted by Crippen LogP contribution is 2.41. The van der Waals surface area contributed by atoms with Crippen molar-refractivity contribution in [2.75, 3.05) is 0 Å². The Hall–Kier alpha value is -2.41. The standard InChI is InChI=1S/C24H25N/c1-16-15-25-23(13-18(16)14-24(2,3)4)21-11-7-10-20-19-9-6-5-8-17(19)12-22(20)21/h5-11,13,15H,12,14H2,1-4H3/i1D3,14D2. The molecule has 0 atom stereocenters. The molecule has 1 heterocycles. The highest BCUT2D eigenvalue weighted by Gasteiger charge is 2.22. The summed E-state index contributed by atoms with van der Waals surface area (Å²) in [6.45, 7) is 2.92. The minimum Gasteiger partial charge on any atom is -0.256 e. The van der Waals surface area contributed by atoms with Crippen molar-refractivity contribution in [3.8, 4) is 22.4 Å². The Morgan fingerprint density at radius 1 is 1.04 bits per heavy atom. The van der Waals surface area contributed by atoms with Gasteiger partial charge in [-0.25, -0.2) is 0 Å². The highest BCUT2D eigenvalue weighted by atomic mass is 14.7. The average molecular weight is 333 g/mol. The molecule has 126 valence electrons. The summed E-state index contributed by atoms with van der Waals surface area (Å²) in [7, 11) is 0. The van der Waals surface area contributed by atoms with E-state index in [4.69, 9.17) is 6.85 Å². The highest BCUT2D eigenvalue weighted by molar-refractivity contribution is 5.83. The lowest BCUT2D eigenvalue weighted by molar-refractivity contribution is 0.410. The third-order valence-corrected chi connectivity index (χ3v) is 4.54. The van der Waals surface area contributed by atoms with Gasteiger partial charge in [0.2, 0.25) is 0 Å². The number of aromatic nitrogens is 1. The van der Waals surface area contributed by atoms with Crippen LogP contribution in [0.1, 0.15) is 49.9 Å². The molecule has 1 heteroatoms. The molecule has 0 radical (unpaired) electrons. The molecule has 4 rings (SSSR count). The van der Waals surface area contributed by atoms with E-state index in [1.165, 1.54) is 17.3 Å². The van der Waals surface area contributed by atoms with E-state index in [2.05, 4.69) is 23.2 Å². The van der Waals surface area contributed by atoms with E-state index in [1.54, 1.807) is 26.8 Å². The molecule has 1 aliphatic carbocycles. The first-order valence-electron chi connectivity index (χ1n) is 11.1. The number of hydrogen-bond acceptors (Lipinski definition) is 1. The van der Waals surface area contributed by atoms with Crippen molar-refractivity contribution in [2.45, 2.75) is 40.4 Å². The van der Waals surface area contributed by atoms with Gasteiger partial charge in [0.05, 0.1) is 5.69 Å². The van der Waals surface area contributed by atoms with Crippen molar-refractivity contribution >= 4 is 0 Å². The average Bonchev–Trinajstić information content (AvgIpc) is 3.04. The molecule has 2 aromatic carbocycles. The lowest BCUT2D eigenvalue weighted by Gasteiger charge is -2.20. The monoisotopic (exact) mass is 332 g/mol. The fraction of sp³-hybridized carbons (Fsp3) is 0.292. The van der Waals surface area contributed by atoms with Crippen LogP contribution in [0.15, 0.2) is 54.7 Å². The summed E-state index contributed by atoms with van der Waals surface area (Å²) < 4.78 is 41.2. The predicted molar refractivity (Wildman–Crippen MR) is 106 cm³/mol. The van der Waals surface area contributed by atoms with Crippen molar-refractivity contribution < 1.29 is 6.85 Å². The van der Waals surface area contributed by atoms with Crippen LogP contribution in [0.2, 0.25) is 0 Å². The smallest absolute Gasteiger partial charge is 0.0708 e. The summed E-state index contributed by atoms with van der Waals surface area (Å²) >= 11 is 0. The summed E-state index contributed by atoms with van der Waals surface area (Å²) in [5.74, 6) is 0. The minimum absolute atomic E-state index is 0.0259. The molecule has 0 bridgehead atoms. The van der Waals surface area contributed by atoms with Gasteiger partial charge in [0.25, 0.3) is 0 Å². The Bertz CT molecular complexity index is 1120. The van der Waals surface area contributed by atoms with Crippen LogP contribution in [0.5, 0.6) is 0 Å². The summed E-state index contributed by atoms with van der Waals surface area (Å²) in [4.78, 5) is 4.49. The Balaban J connectivity index is 1.92. The van der Waals surface area contributed by atoms with E-state index >= 15 is 0 Å². The predicted octanol–water partition coefficient (Wildman–Crippen LogP) is 6.22. The topological polar surface area (TPSA) is 12.9 Å². The fourth-order valence-electron chi connectivity index (χ4n) is 3.51. The molecular formula is C24H25N. The summed E-state index contributed by atoms with van der Waals surface area (Å²) in [5.41, 5.74) is 5.68. The van der Waals surface area contributed by atoms with Gasteiger partial charge in [-0.1, -0.05) is 63.2 Å². The van der Waals surface area contributed by atoms with Gasteiger partial charge < -0.3 is 0 Å². The minimum atomic E-state index is -2.44. The van der Waals surface area contributed by atoms with Crippen LogP contribution in [0.3, 0.4) is 0 Å². The van der Waals surface area contributed by atoms with E-state index < -0.39 is 18.6 Å². The van der Waals surface area contributed by atoms with E-state index in [1.807, 2.05) is 24.3 Å². The van der Waals surface area contributed by atoms with E-state index in [0.717, 1.165) is 23.1 Å². The largest absolute Gasteiger partial charge is 0.256 e. The molecule has 3 aromatic rings. The van der Waals surface area contributed by atoms with E-state index in [0.29, 0.717) is 5.69 Å². The molecular weight excluding hydrogens is 302 g/mol. The van der Waals surface area contributed by atoms with Crippen LogP contribution in [0, 0.1) is 12.3 Å². The van der Waals surface area contributed by atoms with Crippen molar-refractivity contribution in [1.82, 2.24) is 4.98 Å². The number of hydrogen-bond donors (Lipinski definition) is 0. The van der Waals surface area contributed by atoms with Crippen molar-refractivity contribution in [1.29, 1.82) is 0 Å². The van der Waals surface area contributed by atoms with Crippen LogP contribution in [-0.2, 0) is 12.8 Å². The van der Waals surface area contributed by atoms with Crippen molar-refractivity contribution in [3.05, 3.63) is 77.0 Å². The van der Waals surface area contributed by atoms with Gasteiger partial charge >= 0.3 is 0 Å². The number of fused-ring (bicyclic) bond motifs is 3. The maximum absolute atomic E-state index is 8.75. The molecule has 0 aliphatic heterocycles. The third-order valence-electron chi connectivity index (χ3n) is 4.54. The first-order chi connectivity index (χ1) is 13.9. The van der Waals surface area contributed by atoms with E-state index in [9.17, 15) is 0 Å². The van der Waals surface area contributed by atoms with Crippen molar-refractivity contribution in [3.63, 3.8) is 0 Å². The molecule has 0 saturated heterocycles. The molecule has 1 aromatic heterocycles. The first kappa shape index (κ1) is 11.3. The third kappa shape index (κ3) is 3.00. The van der Waals surface area contributed by atoms with Gasteiger partial charge in [0.15, 0.2) is 0 Å². The zero-order valence-corrected chi connectivity index (χ0v) is 14.9. The zero-order valence-electron chi connectivity index (χ0n) is 19.9. The van der Waals surface area contributed by atoms with Gasteiger partial charge in [-0.05, 0) is 64.5 Å². The molecule has 0 amide bonds. The van der Waals surface area contributed by atoms with Crippen LogP contribution >= 0.6 is 0 Å². The maximum Gasteiger partial charge on any atom is 0.0708 e. The summed E-state index contributed by atoms with van der Waals surface area (Å²) in [6, 6.07) is 16.0. The Labute approximate surface area is 157 Å². The molecule has 25 heavy (non-hydrogen) atoms. The first-order valence-corrected chi connectivity index (χ1v) is 8.63. The molecule has 0 saturated carbocycles. The van der Waals surface area contributed by atoms with Gasteiger partial charge in [-0.3, -0.25) is 4.98 Å². The van der Waals surface area contributed by atoms with Crippen LogP contribution < -0.4 is 0 Å². The molecule has 0 N–H and O–H groups in total. The maximum atomic E-state index is 8.75. The van der Waals surface area contributed by atoms with Crippen LogP contribution in [0.25, 0.3) is 22.4 Å². The second-order valence-electron chi connectivity index (χ2n) is 7.66. The quantitative estimate of drug-likeness (QED) is 0.425. The molecule has 0 fully saturated rings. The van der Waals surface area contributed by atoms with Crippen LogP contribution in [0.4, 0.5) is 0 Å². The number of rotatable bonds is 2. The van der Waals surface area contributed by atoms with Gasteiger partial charge in [0.1, 0.15) is 0 Å². The Morgan fingerprint density at radius 2 is 1.80 bits per heavy atom. The molecule has 0 unspecified atom stereocenters. The van der Waals surface area contributed by atoms with Crippen molar-refractivity contribution in [2.24, 2.45) is 5.41 Å². The van der Waals surface area contributed by atoms with Gasteiger partial charge in [0, 0.05) is 18.6 Å². The number of pyridine rings is 1. The number of benzene rings is 2. The number of nitrogens with zero attached hydrogens (tertiary/aromatic N) is 1. The lowest BCUT2D eigenvalue weighted by Crippen LogP contribution is -2.10. The summed E-state index contributed by atoms with van der Waals surface area (Å²) in [5, 5.41) is 0. The van der Waals surface area contributed by atoms with Gasteiger partial charge in [-0.2, -0.15) is 0 Å². The SMILES string of the molecule is [2H]C([2H])([2H])c1cnc(-c2cccc3c2Cc2ccccc2-3)cc1C([2H])([2H])C(C)(C)C. The molecule has 0 spiro atoms.